The molecule has 0 N–H and O–H groups in total. The van der Waals surface area contributed by atoms with Gasteiger partial charge in [-0.1, -0.05) is 31.5 Å². The minimum Gasteiger partial charge on any atom is -0.472 e. The van der Waals surface area contributed by atoms with Crippen molar-refractivity contribution < 1.29 is 37.8 Å². The number of ether oxygens (including phenoxy) is 3. The number of carbonyl (C=O) groups is 4. The van der Waals surface area contributed by atoms with Crippen LogP contribution in [0, 0.1) is 35.5 Å². The van der Waals surface area contributed by atoms with Crippen molar-refractivity contribution in [1.29, 1.82) is 0 Å². The van der Waals surface area contributed by atoms with E-state index in [9.17, 15) is 19.2 Å². The average Bonchev–Trinajstić information content (AvgIpc) is 3.39. The summed E-state index contributed by atoms with van der Waals surface area (Å²) in [5.41, 5.74) is 0.935. The van der Waals surface area contributed by atoms with Crippen molar-refractivity contribution in [1.82, 2.24) is 0 Å². The zero-order chi connectivity index (χ0) is 27.2. The molecule has 8 nitrogen and oxygen atoms in total. The molecule has 2 aliphatic carbocycles. The fourth-order valence-corrected chi connectivity index (χ4v) is 7.27. The molecule has 8 heteroatoms. The van der Waals surface area contributed by atoms with Gasteiger partial charge in [0, 0.05) is 24.3 Å². The molecule has 0 amide bonds. The van der Waals surface area contributed by atoms with Gasteiger partial charge >= 0.3 is 17.9 Å². The molecule has 0 unspecified atom stereocenters. The molecule has 0 radical (unpaired) electrons. The molecule has 7 atom stereocenters. The molecular formula is C30H34O8. The predicted molar refractivity (Wildman–Crippen MR) is 135 cm³/mol. The highest BCUT2D eigenvalue weighted by Crippen LogP contribution is 2.65. The smallest absolute Gasteiger partial charge is 0.338 e. The molecule has 2 heterocycles. The van der Waals surface area contributed by atoms with Crippen LogP contribution in [0.3, 0.4) is 0 Å². The Morgan fingerprint density at radius 1 is 1.08 bits per heavy atom. The van der Waals surface area contributed by atoms with Crippen LogP contribution in [-0.2, 0) is 28.6 Å². The van der Waals surface area contributed by atoms with E-state index in [4.69, 9.17) is 18.6 Å². The molecule has 202 valence electrons. The summed E-state index contributed by atoms with van der Waals surface area (Å²) in [7, 11) is 0. The van der Waals surface area contributed by atoms with Crippen LogP contribution in [0.5, 0.6) is 0 Å². The van der Waals surface area contributed by atoms with Crippen molar-refractivity contribution in [3.8, 4) is 0 Å². The minimum absolute atomic E-state index is 0.0844. The minimum atomic E-state index is -0.963. The Labute approximate surface area is 222 Å². The second kappa shape index (κ2) is 9.71. The van der Waals surface area contributed by atoms with Crippen LogP contribution in [0.25, 0.3) is 0 Å². The first-order valence-electron chi connectivity index (χ1n) is 13.2. The van der Waals surface area contributed by atoms with E-state index >= 15 is 0 Å². The van der Waals surface area contributed by atoms with Crippen molar-refractivity contribution in [3.63, 3.8) is 0 Å². The normalized spacial score (nSPS) is 34.5. The maximum Gasteiger partial charge on any atom is 0.338 e. The van der Waals surface area contributed by atoms with Gasteiger partial charge < -0.3 is 18.6 Å². The number of fused-ring (bicyclic) bond motifs is 3. The lowest BCUT2D eigenvalue weighted by Crippen LogP contribution is -2.64. The van der Waals surface area contributed by atoms with Gasteiger partial charge in [0.25, 0.3) is 0 Å². The Morgan fingerprint density at radius 3 is 2.47 bits per heavy atom. The predicted octanol–water partition coefficient (Wildman–Crippen LogP) is 4.99. The highest BCUT2D eigenvalue weighted by atomic mass is 16.6. The lowest BCUT2D eigenvalue weighted by Gasteiger charge is -2.61. The number of hydrogen-bond acceptors (Lipinski definition) is 8. The molecule has 5 rings (SSSR count). The molecule has 2 aromatic rings. The molecule has 1 aliphatic heterocycles. The van der Waals surface area contributed by atoms with Gasteiger partial charge in [-0.15, -0.1) is 0 Å². The molecule has 2 saturated carbocycles. The van der Waals surface area contributed by atoms with Crippen LogP contribution in [-0.4, -0.2) is 36.4 Å². The Balaban J connectivity index is 1.47. The average molecular weight is 523 g/mol. The summed E-state index contributed by atoms with van der Waals surface area (Å²) in [6.07, 6.45) is 3.45. The Morgan fingerprint density at radius 2 is 1.82 bits per heavy atom. The standard InChI is InChI=1S/C30H34O8/c1-17-5-7-19(8-6-17)27(33)36-16-21-13-23(37-18(2)31)25(32)26-29(21,3)11-9-22-28(34)38-24(14-30(22,26)4)20-10-12-35-15-20/h5-8,10,12,15,21-24,26H,9,11,13-14,16H2,1-4H3/t21-,22-,23-,24-,26-,29-,30-/m0/s1. The maximum absolute atomic E-state index is 14.0. The number of hydrogen-bond donors (Lipinski definition) is 0. The first-order chi connectivity index (χ1) is 18.0. The zero-order valence-electron chi connectivity index (χ0n) is 22.2. The van der Waals surface area contributed by atoms with Crippen LogP contribution < -0.4 is 0 Å². The Hall–Kier alpha value is -3.42. The second-order valence-corrected chi connectivity index (χ2v) is 11.6. The van der Waals surface area contributed by atoms with Gasteiger partial charge in [0.2, 0.25) is 0 Å². The summed E-state index contributed by atoms with van der Waals surface area (Å²) in [6.45, 7) is 7.35. The fraction of sp³-hybridized carbons (Fsp3) is 0.533. The summed E-state index contributed by atoms with van der Waals surface area (Å²) in [5, 5.41) is 0. The zero-order valence-corrected chi connectivity index (χ0v) is 22.2. The number of furan rings is 1. The molecule has 3 aliphatic rings. The molecule has 0 spiro atoms. The van der Waals surface area contributed by atoms with Gasteiger partial charge in [-0.2, -0.15) is 0 Å². The van der Waals surface area contributed by atoms with Crippen LogP contribution in [0.2, 0.25) is 0 Å². The summed E-state index contributed by atoms with van der Waals surface area (Å²) < 4.78 is 22.3. The quantitative estimate of drug-likeness (QED) is 0.399. The number of ketones is 1. The Kier molecular flexibility index (Phi) is 6.70. The number of rotatable bonds is 5. The van der Waals surface area contributed by atoms with E-state index in [1.54, 1.807) is 24.5 Å². The molecule has 1 aromatic heterocycles. The van der Waals surface area contributed by atoms with Crippen LogP contribution in [0.15, 0.2) is 47.3 Å². The largest absolute Gasteiger partial charge is 0.472 e. The summed E-state index contributed by atoms with van der Waals surface area (Å²) in [5.74, 6) is -2.76. The Bertz CT molecular complexity index is 1230. The number of Topliss-reactive ketones (excluding diaryl/α,β-unsaturated/α-hetero) is 1. The van der Waals surface area contributed by atoms with Crippen LogP contribution >= 0.6 is 0 Å². The van der Waals surface area contributed by atoms with Gasteiger partial charge in [-0.25, -0.2) is 4.79 Å². The van der Waals surface area contributed by atoms with Crippen molar-refractivity contribution in [2.75, 3.05) is 6.61 Å². The number of carbonyl (C=O) groups excluding carboxylic acids is 4. The van der Waals surface area contributed by atoms with Gasteiger partial charge in [-0.3, -0.25) is 14.4 Å². The van der Waals surface area contributed by atoms with E-state index in [1.165, 1.54) is 13.2 Å². The number of esters is 3. The van der Waals surface area contributed by atoms with Crippen molar-refractivity contribution >= 4 is 23.7 Å². The molecule has 1 saturated heterocycles. The molecule has 1 aromatic carbocycles. The van der Waals surface area contributed by atoms with Gasteiger partial charge in [-0.05, 0) is 61.6 Å². The second-order valence-electron chi connectivity index (χ2n) is 11.6. The monoisotopic (exact) mass is 522 g/mol. The van der Waals surface area contributed by atoms with E-state index in [0.29, 0.717) is 24.8 Å². The lowest BCUT2D eigenvalue weighted by molar-refractivity contribution is -0.209. The SMILES string of the molecule is CC(=O)O[C@H]1C[C@@H](COC(=O)c2ccc(C)cc2)[C@]2(C)CC[C@H]3C(=O)O[C@H](c4ccoc4)C[C@]3(C)[C@H]2C1=O. The summed E-state index contributed by atoms with van der Waals surface area (Å²) >= 11 is 0. The molecule has 3 fully saturated rings. The van der Waals surface area contributed by atoms with E-state index in [-0.39, 0.29) is 30.7 Å². The topological polar surface area (TPSA) is 109 Å². The van der Waals surface area contributed by atoms with Crippen molar-refractivity contribution in [2.45, 2.75) is 65.6 Å². The van der Waals surface area contributed by atoms with Crippen LogP contribution in [0.1, 0.15) is 74.0 Å². The van der Waals surface area contributed by atoms with Crippen molar-refractivity contribution in [2.24, 2.45) is 28.6 Å². The van der Waals surface area contributed by atoms with Crippen LogP contribution in [0.4, 0.5) is 0 Å². The van der Waals surface area contributed by atoms with Gasteiger partial charge in [0.1, 0.15) is 6.10 Å². The number of cyclic esters (lactones) is 1. The highest BCUT2D eigenvalue weighted by molar-refractivity contribution is 5.91. The van der Waals surface area contributed by atoms with E-state index in [2.05, 4.69) is 6.92 Å². The molecule has 0 bridgehead atoms. The van der Waals surface area contributed by atoms with E-state index in [0.717, 1.165) is 11.1 Å². The molecular weight excluding hydrogens is 488 g/mol. The third kappa shape index (κ3) is 4.44. The van der Waals surface area contributed by atoms with Gasteiger partial charge in [0.15, 0.2) is 11.9 Å². The van der Waals surface area contributed by atoms with Crippen molar-refractivity contribution in [3.05, 3.63) is 59.5 Å². The third-order valence-electron chi connectivity index (χ3n) is 9.21. The van der Waals surface area contributed by atoms with Gasteiger partial charge in [0.05, 0.1) is 30.6 Å². The highest BCUT2D eigenvalue weighted by Gasteiger charge is 2.66. The molecule has 38 heavy (non-hydrogen) atoms. The third-order valence-corrected chi connectivity index (χ3v) is 9.21. The van der Waals surface area contributed by atoms with E-state index in [1.807, 2.05) is 26.0 Å². The first kappa shape index (κ1) is 26.2. The maximum atomic E-state index is 14.0. The number of benzene rings is 1. The number of aryl methyl sites for hydroxylation is 1. The van der Waals surface area contributed by atoms with E-state index < -0.39 is 46.8 Å². The summed E-state index contributed by atoms with van der Waals surface area (Å²) in [4.78, 5) is 52.1. The fourth-order valence-electron chi connectivity index (χ4n) is 7.27. The summed E-state index contributed by atoms with van der Waals surface area (Å²) in [6, 6.07) is 8.92. The lowest BCUT2D eigenvalue weighted by atomic mass is 9.43. The first-order valence-corrected chi connectivity index (χ1v) is 13.2.